The third-order valence-corrected chi connectivity index (χ3v) is 3.30. The summed E-state index contributed by atoms with van der Waals surface area (Å²) >= 11 is 0. The van der Waals surface area contributed by atoms with Crippen LogP contribution in [0, 0.1) is 18.7 Å². The van der Waals surface area contributed by atoms with Crippen molar-refractivity contribution in [3.63, 3.8) is 0 Å². The van der Waals surface area contributed by atoms with Gasteiger partial charge in [0.15, 0.2) is 0 Å². The van der Waals surface area contributed by atoms with Crippen LogP contribution in [0.25, 0.3) is 0 Å². The highest BCUT2D eigenvalue weighted by Gasteiger charge is 2.15. The molecule has 0 aliphatic rings. The van der Waals surface area contributed by atoms with Crippen LogP contribution in [0.3, 0.4) is 0 Å². The van der Waals surface area contributed by atoms with E-state index in [9.17, 15) is 4.39 Å². The molecule has 0 amide bonds. The Morgan fingerprint density at radius 2 is 1.88 bits per heavy atom. The van der Waals surface area contributed by atoms with Gasteiger partial charge in [-0.3, -0.25) is 0 Å². The minimum Gasteiger partial charge on any atom is -0.324 e. The summed E-state index contributed by atoms with van der Waals surface area (Å²) in [5, 5.41) is 0. The van der Waals surface area contributed by atoms with Crippen LogP contribution in [-0.4, -0.2) is 0 Å². The van der Waals surface area contributed by atoms with E-state index in [1.54, 1.807) is 6.07 Å². The van der Waals surface area contributed by atoms with Crippen LogP contribution in [0.1, 0.15) is 50.3 Å². The van der Waals surface area contributed by atoms with E-state index in [0.717, 1.165) is 24.8 Å². The van der Waals surface area contributed by atoms with Gasteiger partial charge in [0.25, 0.3) is 0 Å². The van der Waals surface area contributed by atoms with Gasteiger partial charge in [-0.25, -0.2) is 4.39 Å². The fourth-order valence-electron chi connectivity index (χ4n) is 2.04. The summed E-state index contributed by atoms with van der Waals surface area (Å²) in [6.07, 6.45) is 3.09. The second-order valence-electron chi connectivity index (χ2n) is 4.55. The standard InChI is InChI=1S/C14H22FN/c1-4-11(5-2)9-14(16)12-7-6-10(3)8-13(12)15/h6-8,11,14H,4-5,9,16H2,1-3H3. The maximum atomic E-state index is 13.7. The van der Waals surface area contributed by atoms with Crippen molar-refractivity contribution in [3.8, 4) is 0 Å². The van der Waals surface area contributed by atoms with Gasteiger partial charge in [0.2, 0.25) is 0 Å². The maximum Gasteiger partial charge on any atom is 0.128 e. The fourth-order valence-corrected chi connectivity index (χ4v) is 2.04. The molecule has 0 aliphatic heterocycles. The predicted molar refractivity (Wildman–Crippen MR) is 66.8 cm³/mol. The monoisotopic (exact) mass is 223 g/mol. The third kappa shape index (κ3) is 3.31. The average molecular weight is 223 g/mol. The number of benzene rings is 1. The average Bonchev–Trinajstić information content (AvgIpc) is 2.25. The molecule has 1 nitrogen and oxygen atoms in total. The molecule has 0 bridgehead atoms. The Labute approximate surface area is 97.9 Å². The number of nitrogens with two attached hydrogens (primary N) is 1. The van der Waals surface area contributed by atoms with Crippen LogP contribution in [0.5, 0.6) is 0 Å². The molecule has 1 aromatic carbocycles. The third-order valence-electron chi connectivity index (χ3n) is 3.30. The summed E-state index contributed by atoms with van der Waals surface area (Å²) in [5.74, 6) is 0.425. The van der Waals surface area contributed by atoms with Crippen molar-refractivity contribution in [3.05, 3.63) is 35.1 Å². The Balaban J connectivity index is 2.76. The summed E-state index contributed by atoms with van der Waals surface area (Å²) < 4.78 is 13.7. The molecule has 0 aliphatic carbocycles. The number of aryl methyl sites for hydroxylation is 1. The quantitative estimate of drug-likeness (QED) is 0.803. The molecule has 16 heavy (non-hydrogen) atoms. The summed E-state index contributed by atoms with van der Waals surface area (Å²) in [7, 11) is 0. The fraction of sp³-hybridized carbons (Fsp3) is 0.571. The van der Waals surface area contributed by atoms with Gasteiger partial charge in [0, 0.05) is 11.6 Å². The molecule has 1 unspecified atom stereocenters. The van der Waals surface area contributed by atoms with E-state index in [2.05, 4.69) is 13.8 Å². The van der Waals surface area contributed by atoms with Crippen LogP contribution in [-0.2, 0) is 0 Å². The highest BCUT2D eigenvalue weighted by atomic mass is 19.1. The van der Waals surface area contributed by atoms with Gasteiger partial charge < -0.3 is 5.73 Å². The molecule has 1 aromatic rings. The minimum atomic E-state index is -0.175. The van der Waals surface area contributed by atoms with Crippen molar-refractivity contribution in [2.45, 2.75) is 46.1 Å². The first-order valence-electron chi connectivity index (χ1n) is 6.10. The highest BCUT2D eigenvalue weighted by molar-refractivity contribution is 5.25. The van der Waals surface area contributed by atoms with Gasteiger partial charge >= 0.3 is 0 Å². The van der Waals surface area contributed by atoms with E-state index < -0.39 is 0 Å². The molecule has 2 heteroatoms. The van der Waals surface area contributed by atoms with E-state index in [1.807, 2.05) is 19.1 Å². The Morgan fingerprint density at radius 1 is 1.25 bits per heavy atom. The van der Waals surface area contributed by atoms with E-state index in [4.69, 9.17) is 5.73 Å². The molecule has 2 N–H and O–H groups in total. The summed E-state index contributed by atoms with van der Waals surface area (Å²) in [6.45, 7) is 6.21. The first-order chi connectivity index (χ1) is 7.58. The first-order valence-corrected chi connectivity index (χ1v) is 6.10. The number of hydrogen-bond donors (Lipinski definition) is 1. The van der Waals surface area contributed by atoms with Crippen LogP contribution in [0.4, 0.5) is 4.39 Å². The Morgan fingerprint density at radius 3 is 2.38 bits per heavy atom. The number of rotatable bonds is 5. The van der Waals surface area contributed by atoms with E-state index >= 15 is 0 Å². The van der Waals surface area contributed by atoms with Crippen molar-refractivity contribution in [1.29, 1.82) is 0 Å². The van der Waals surface area contributed by atoms with Crippen molar-refractivity contribution in [2.24, 2.45) is 11.7 Å². The van der Waals surface area contributed by atoms with E-state index in [1.165, 1.54) is 0 Å². The van der Waals surface area contributed by atoms with Crippen LogP contribution >= 0.6 is 0 Å². The topological polar surface area (TPSA) is 26.0 Å². The summed E-state index contributed by atoms with van der Waals surface area (Å²) in [5.41, 5.74) is 7.65. The second-order valence-corrected chi connectivity index (χ2v) is 4.55. The lowest BCUT2D eigenvalue weighted by molar-refractivity contribution is 0.407. The molecule has 1 atom stereocenters. The van der Waals surface area contributed by atoms with Crippen molar-refractivity contribution >= 4 is 0 Å². The first kappa shape index (κ1) is 13.2. The smallest absolute Gasteiger partial charge is 0.128 e. The Hall–Kier alpha value is -0.890. The van der Waals surface area contributed by atoms with Crippen LogP contribution in [0.15, 0.2) is 18.2 Å². The van der Waals surface area contributed by atoms with Gasteiger partial charge in [-0.15, -0.1) is 0 Å². The second kappa shape index (κ2) is 6.00. The molecule has 0 heterocycles. The number of hydrogen-bond acceptors (Lipinski definition) is 1. The predicted octanol–water partition coefficient (Wildman–Crippen LogP) is 3.96. The molecule has 0 saturated heterocycles. The zero-order valence-electron chi connectivity index (χ0n) is 10.5. The summed E-state index contributed by atoms with van der Waals surface area (Å²) in [4.78, 5) is 0. The summed E-state index contributed by atoms with van der Waals surface area (Å²) in [6, 6.07) is 5.12. The molecule has 0 fully saturated rings. The molecular formula is C14H22FN. The lowest BCUT2D eigenvalue weighted by Gasteiger charge is -2.19. The molecule has 0 saturated carbocycles. The van der Waals surface area contributed by atoms with E-state index in [-0.39, 0.29) is 11.9 Å². The van der Waals surface area contributed by atoms with Crippen molar-refractivity contribution in [1.82, 2.24) is 0 Å². The van der Waals surface area contributed by atoms with Gasteiger partial charge in [0.05, 0.1) is 0 Å². The molecule has 90 valence electrons. The maximum absolute atomic E-state index is 13.7. The lowest BCUT2D eigenvalue weighted by atomic mass is 9.91. The SMILES string of the molecule is CCC(CC)CC(N)c1ccc(C)cc1F. The lowest BCUT2D eigenvalue weighted by Crippen LogP contribution is -2.16. The highest BCUT2D eigenvalue weighted by Crippen LogP contribution is 2.25. The zero-order valence-corrected chi connectivity index (χ0v) is 10.5. The molecule has 0 spiro atoms. The minimum absolute atomic E-state index is 0.168. The van der Waals surface area contributed by atoms with E-state index in [0.29, 0.717) is 11.5 Å². The molecule has 0 radical (unpaired) electrons. The van der Waals surface area contributed by atoms with Crippen LogP contribution in [0.2, 0.25) is 0 Å². The van der Waals surface area contributed by atoms with Gasteiger partial charge in [-0.1, -0.05) is 38.8 Å². The Kier molecular flexibility index (Phi) is 4.94. The van der Waals surface area contributed by atoms with Gasteiger partial charge in [0.1, 0.15) is 5.82 Å². The molecule has 1 rings (SSSR count). The van der Waals surface area contributed by atoms with Gasteiger partial charge in [-0.2, -0.15) is 0 Å². The van der Waals surface area contributed by atoms with Gasteiger partial charge in [-0.05, 0) is 30.9 Å². The zero-order chi connectivity index (χ0) is 12.1. The largest absolute Gasteiger partial charge is 0.324 e. The Bertz CT molecular complexity index is 332. The molecular weight excluding hydrogens is 201 g/mol. The number of halogens is 1. The normalized spacial score (nSPS) is 13.1. The van der Waals surface area contributed by atoms with Crippen LogP contribution < -0.4 is 5.73 Å². The molecule has 0 aromatic heterocycles. The van der Waals surface area contributed by atoms with Crippen molar-refractivity contribution < 1.29 is 4.39 Å². The van der Waals surface area contributed by atoms with Crippen molar-refractivity contribution in [2.75, 3.05) is 0 Å².